The highest BCUT2D eigenvalue weighted by molar-refractivity contribution is 6.09. The molecular weight excluding hydrogens is 434 g/mol. The zero-order valence-corrected chi connectivity index (χ0v) is 20.0. The van der Waals surface area contributed by atoms with Crippen LogP contribution in [0.25, 0.3) is 0 Å². The first kappa shape index (κ1) is 23.0. The molecule has 1 aromatic carbocycles. The van der Waals surface area contributed by atoms with Gasteiger partial charge in [-0.05, 0) is 50.3 Å². The van der Waals surface area contributed by atoms with Gasteiger partial charge in [-0.2, -0.15) is 0 Å². The van der Waals surface area contributed by atoms with Crippen LogP contribution in [0.15, 0.2) is 18.2 Å². The molecule has 8 nitrogen and oxygen atoms in total. The van der Waals surface area contributed by atoms with Gasteiger partial charge in [0.1, 0.15) is 25.3 Å². The molecule has 8 heteroatoms. The molecule has 0 aromatic heterocycles. The van der Waals surface area contributed by atoms with E-state index in [0.717, 1.165) is 56.3 Å². The lowest BCUT2D eigenvalue weighted by atomic mass is 9.88. The summed E-state index contributed by atoms with van der Waals surface area (Å²) in [4.78, 5) is 43.2. The Morgan fingerprint density at radius 2 is 1.56 bits per heavy atom. The van der Waals surface area contributed by atoms with Crippen LogP contribution in [0, 0.1) is 0 Å². The number of ether oxygens (including phenoxy) is 2. The molecule has 2 saturated carbocycles. The van der Waals surface area contributed by atoms with Crippen molar-refractivity contribution >= 4 is 17.8 Å². The van der Waals surface area contributed by atoms with Gasteiger partial charge in [0.25, 0.3) is 5.91 Å². The number of imide groups is 1. The molecule has 2 aliphatic heterocycles. The van der Waals surface area contributed by atoms with Gasteiger partial charge in [0.2, 0.25) is 5.91 Å². The lowest BCUT2D eigenvalue weighted by Gasteiger charge is -2.42. The Hall–Kier alpha value is -2.77. The van der Waals surface area contributed by atoms with Crippen LogP contribution in [-0.4, -0.2) is 59.5 Å². The average Bonchev–Trinajstić information content (AvgIpc) is 3.09. The number of carbonyl (C=O) groups excluding carboxylic acids is 3. The summed E-state index contributed by atoms with van der Waals surface area (Å²) < 4.78 is 11.2. The van der Waals surface area contributed by atoms with Gasteiger partial charge in [-0.15, -0.1) is 0 Å². The van der Waals surface area contributed by atoms with Gasteiger partial charge in [-0.3, -0.25) is 14.5 Å². The second-order valence-electron chi connectivity index (χ2n) is 10.2. The predicted molar refractivity (Wildman–Crippen MR) is 126 cm³/mol. The Labute approximate surface area is 200 Å². The fourth-order valence-corrected chi connectivity index (χ4v) is 6.03. The fraction of sp³-hybridized carbons (Fsp3) is 0.654. The summed E-state index contributed by atoms with van der Waals surface area (Å²) in [6.45, 7) is 2.39. The van der Waals surface area contributed by atoms with Crippen LogP contribution in [0.4, 0.5) is 4.79 Å². The predicted octanol–water partition coefficient (Wildman–Crippen LogP) is 3.72. The van der Waals surface area contributed by atoms with Crippen LogP contribution < -0.4 is 14.8 Å². The molecule has 2 heterocycles. The van der Waals surface area contributed by atoms with Gasteiger partial charge < -0.3 is 19.7 Å². The SMILES string of the molecule is CC1(c2ccc3c(c2)OCCO3)NC(=O)N(CC(=O)N(C2CCCCC2)C2CCCCC2)C1=O. The number of carbonyl (C=O) groups is 3. The standard InChI is InChI=1S/C26H35N3O5/c1-26(18-12-13-21-22(16-18)34-15-14-33-21)24(31)28(25(32)27-26)17-23(30)29(19-8-4-2-5-9-19)20-10-6-3-7-11-20/h12-13,16,19-20H,2-11,14-15,17H2,1H3,(H,27,32). The van der Waals surface area contributed by atoms with Crippen LogP contribution in [0.2, 0.25) is 0 Å². The molecule has 34 heavy (non-hydrogen) atoms. The van der Waals surface area contributed by atoms with E-state index in [9.17, 15) is 14.4 Å². The summed E-state index contributed by atoms with van der Waals surface area (Å²) >= 11 is 0. The monoisotopic (exact) mass is 469 g/mol. The van der Waals surface area contributed by atoms with Crippen LogP contribution >= 0.6 is 0 Å². The van der Waals surface area contributed by atoms with Gasteiger partial charge in [0.05, 0.1) is 0 Å². The van der Waals surface area contributed by atoms with Crippen LogP contribution in [-0.2, 0) is 15.1 Å². The smallest absolute Gasteiger partial charge is 0.325 e. The van der Waals surface area contributed by atoms with Crippen LogP contribution in [0.3, 0.4) is 0 Å². The quantitative estimate of drug-likeness (QED) is 0.664. The number of amides is 4. The molecule has 0 spiro atoms. The molecule has 1 atom stereocenters. The Morgan fingerprint density at radius 3 is 2.18 bits per heavy atom. The van der Waals surface area contributed by atoms with Crippen molar-refractivity contribution in [2.75, 3.05) is 19.8 Å². The lowest BCUT2D eigenvalue weighted by molar-refractivity contribution is -0.143. The van der Waals surface area contributed by atoms with Crippen molar-refractivity contribution in [3.63, 3.8) is 0 Å². The van der Waals surface area contributed by atoms with E-state index in [1.807, 2.05) is 0 Å². The first-order valence-electron chi connectivity index (χ1n) is 12.8. The first-order chi connectivity index (χ1) is 16.5. The third kappa shape index (κ3) is 4.23. The highest BCUT2D eigenvalue weighted by Gasteiger charge is 2.50. The summed E-state index contributed by atoms with van der Waals surface area (Å²) in [6.07, 6.45) is 11.0. The molecule has 2 aliphatic carbocycles. The zero-order valence-electron chi connectivity index (χ0n) is 20.0. The van der Waals surface area contributed by atoms with Crippen molar-refractivity contribution in [2.24, 2.45) is 0 Å². The molecule has 5 rings (SSSR count). The topological polar surface area (TPSA) is 88.2 Å². The minimum Gasteiger partial charge on any atom is -0.486 e. The van der Waals surface area contributed by atoms with Crippen molar-refractivity contribution < 1.29 is 23.9 Å². The van der Waals surface area contributed by atoms with Gasteiger partial charge in [-0.1, -0.05) is 44.6 Å². The van der Waals surface area contributed by atoms with Crippen molar-refractivity contribution in [1.82, 2.24) is 15.1 Å². The van der Waals surface area contributed by atoms with E-state index >= 15 is 0 Å². The van der Waals surface area contributed by atoms with E-state index in [0.29, 0.717) is 30.3 Å². The number of hydrogen-bond donors (Lipinski definition) is 1. The fourth-order valence-electron chi connectivity index (χ4n) is 6.03. The molecule has 1 unspecified atom stereocenters. The molecule has 0 bridgehead atoms. The largest absolute Gasteiger partial charge is 0.486 e. The van der Waals surface area contributed by atoms with Crippen LogP contribution in [0.5, 0.6) is 11.5 Å². The van der Waals surface area contributed by atoms with Crippen LogP contribution in [0.1, 0.15) is 76.7 Å². The van der Waals surface area contributed by atoms with Crippen molar-refractivity contribution in [1.29, 1.82) is 0 Å². The van der Waals surface area contributed by atoms with Gasteiger partial charge in [-0.25, -0.2) is 4.79 Å². The van der Waals surface area contributed by atoms with Crippen molar-refractivity contribution in [2.45, 2.75) is 88.8 Å². The number of fused-ring (bicyclic) bond motifs is 1. The summed E-state index contributed by atoms with van der Waals surface area (Å²) in [5, 5.41) is 2.83. The maximum absolute atomic E-state index is 13.6. The number of rotatable bonds is 5. The molecular formula is C26H35N3O5. The molecule has 3 fully saturated rings. The Bertz CT molecular complexity index is 936. The Balaban J connectivity index is 1.35. The average molecular weight is 470 g/mol. The number of hydrogen-bond acceptors (Lipinski definition) is 5. The maximum atomic E-state index is 13.6. The summed E-state index contributed by atoms with van der Waals surface area (Å²) in [7, 11) is 0. The van der Waals surface area contributed by atoms with Gasteiger partial charge in [0.15, 0.2) is 11.5 Å². The van der Waals surface area contributed by atoms with Crippen molar-refractivity contribution in [3.05, 3.63) is 23.8 Å². The molecule has 1 N–H and O–H groups in total. The molecule has 4 amide bonds. The number of nitrogens with zero attached hydrogens (tertiary/aromatic N) is 2. The minimum atomic E-state index is -1.26. The van der Waals surface area contributed by atoms with E-state index in [2.05, 4.69) is 10.2 Å². The third-order valence-electron chi connectivity index (χ3n) is 7.91. The molecule has 1 saturated heterocycles. The summed E-state index contributed by atoms with van der Waals surface area (Å²) in [6, 6.07) is 5.18. The highest BCUT2D eigenvalue weighted by Crippen LogP contribution is 2.37. The van der Waals surface area contributed by atoms with E-state index in [4.69, 9.17) is 9.47 Å². The highest BCUT2D eigenvalue weighted by atomic mass is 16.6. The Kier molecular flexibility index (Phi) is 6.40. The minimum absolute atomic E-state index is 0.103. The van der Waals surface area contributed by atoms with Crippen molar-refractivity contribution in [3.8, 4) is 11.5 Å². The number of benzene rings is 1. The molecule has 4 aliphatic rings. The second kappa shape index (κ2) is 9.47. The maximum Gasteiger partial charge on any atom is 0.325 e. The Morgan fingerprint density at radius 1 is 0.971 bits per heavy atom. The van der Waals surface area contributed by atoms with Gasteiger partial charge in [0, 0.05) is 12.1 Å². The second-order valence-corrected chi connectivity index (χ2v) is 10.2. The number of urea groups is 1. The third-order valence-corrected chi connectivity index (χ3v) is 7.91. The van der Waals surface area contributed by atoms with E-state index < -0.39 is 17.5 Å². The molecule has 1 aromatic rings. The number of nitrogens with one attached hydrogen (secondary N) is 1. The lowest BCUT2D eigenvalue weighted by Crippen LogP contribution is -2.53. The molecule has 0 radical (unpaired) electrons. The molecule has 184 valence electrons. The summed E-state index contributed by atoms with van der Waals surface area (Å²) in [5.74, 6) is 0.670. The summed E-state index contributed by atoms with van der Waals surface area (Å²) in [5.41, 5.74) is -0.644. The first-order valence-corrected chi connectivity index (χ1v) is 12.8. The van der Waals surface area contributed by atoms with E-state index in [-0.39, 0.29) is 24.5 Å². The zero-order chi connectivity index (χ0) is 23.7. The van der Waals surface area contributed by atoms with E-state index in [1.165, 1.54) is 12.8 Å². The van der Waals surface area contributed by atoms with Gasteiger partial charge >= 0.3 is 6.03 Å². The van der Waals surface area contributed by atoms with E-state index in [1.54, 1.807) is 25.1 Å². The normalized spacial score (nSPS) is 25.9.